The topological polar surface area (TPSA) is 107 Å². The lowest BCUT2D eigenvalue weighted by Gasteiger charge is -2.14. The van der Waals surface area contributed by atoms with Gasteiger partial charge in [-0.05, 0) is 96.6 Å². The van der Waals surface area contributed by atoms with Crippen molar-refractivity contribution in [1.82, 2.24) is 5.43 Å². The SMILES string of the molecule is C=CCOc1ccc(C(=O)N/N=C/c2cc(I)c(OCC(=O)Nc3ccc(Cl)cc3)c(OCC)c2)cc1OCC. The normalized spacial score (nSPS) is 10.6. The first kappa shape index (κ1) is 30.8. The van der Waals surface area contributed by atoms with Gasteiger partial charge in [-0.3, -0.25) is 9.59 Å². The summed E-state index contributed by atoms with van der Waals surface area (Å²) in [7, 11) is 0. The molecule has 0 unspecified atom stereocenters. The Kier molecular flexibility index (Phi) is 12.1. The van der Waals surface area contributed by atoms with Gasteiger partial charge in [0, 0.05) is 16.3 Å². The second-order valence-electron chi connectivity index (χ2n) is 8.00. The lowest BCUT2D eigenvalue weighted by atomic mass is 10.2. The predicted molar refractivity (Wildman–Crippen MR) is 164 cm³/mol. The quantitative estimate of drug-likeness (QED) is 0.0926. The molecule has 0 aliphatic rings. The van der Waals surface area contributed by atoms with Gasteiger partial charge in [-0.25, -0.2) is 5.43 Å². The summed E-state index contributed by atoms with van der Waals surface area (Å²) >= 11 is 7.98. The van der Waals surface area contributed by atoms with Crippen molar-refractivity contribution < 1.29 is 28.5 Å². The Morgan fingerprint density at radius 3 is 2.38 bits per heavy atom. The zero-order chi connectivity index (χ0) is 28.9. The van der Waals surface area contributed by atoms with Crippen molar-refractivity contribution in [2.24, 2.45) is 5.10 Å². The van der Waals surface area contributed by atoms with Crippen LogP contribution < -0.4 is 29.7 Å². The summed E-state index contributed by atoms with van der Waals surface area (Å²) in [4.78, 5) is 25.0. The number of carbonyl (C=O) groups excluding carboxylic acids is 2. The Balaban J connectivity index is 1.66. The standard InChI is InChI=1S/C29H29ClIN3O6/c1-4-13-39-24-12-7-20(16-25(24)37-5-2)29(36)34-32-17-19-14-23(31)28(26(15-19)38-6-3)40-18-27(35)33-22-10-8-21(30)9-11-22/h4,7-12,14-17H,1,5-6,13,18H2,2-3H3,(H,33,35)(H,34,36)/b32-17+. The molecular weight excluding hydrogens is 649 g/mol. The fourth-order valence-electron chi connectivity index (χ4n) is 3.35. The molecule has 0 aromatic heterocycles. The minimum Gasteiger partial charge on any atom is -0.490 e. The van der Waals surface area contributed by atoms with Crippen molar-refractivity contribution >= 4 is 57.9 Å². The number of hydrogen-bond acceptors (Lipinski definition) is 7. The molecule has 11 heteroatoms. The molecule has 210 valence electrons. The third kappa shape index (κ3) is 9.16. The Bertz CT molecular complexity index is 1360. The van der Waals surface area contributed by atoms with Gasteiger partial charge in [0.05, 0.1) is 23.0 Å². The van der Waals surface area contributed by atoms with E-state index in [9.17, 15) is 9.59 Å². The van der Waals surface area contributed by atoms with Crippen molar-refractivity contribution in [3.8, 4) is 23.0 Å². The van der Waals surface area contributed by atoms with Crippen LogP contribution in [0.2, 0.25) is 5.02 Å². The van der Waals surface area contributed by atoms with Crippen LogP contribution in [0.1, 0.15) is 29.8 Å². The van der Waals surface area contributed by atoms with Crippen LogP contribution in [-0.2, 0) is 4.79 Å². The molecule has 0 aliphatic heterocycles. The average molecular weight is 678 g/mol. The maximum atomic E-state index is 12.7. The summed E-state index contributed by atoms with van der Waals surface area (Å²) in [5.74, 6) is 1.09. The second kappa shape index (κ2) is 15.7. The lowest BCUT2D eigenvalue weighted by molar-refractivity contribution is -0.118. The minimum atomic E-state index is -0.418. The van der Waals surface area contributed by atoms with E-state index in [1.165, 1.54) is 6.21 Å². The molecular formula is C29H29ClIN3O6. The largest absolute Gasteiger partial charge is 0.490 e. The molecule has 0 spiro atoms. The molecule has 0 fully saturated rings. The van der Waals surface area contributed by atoms with Gasteiger partial charge < -0.3 is 24.3 Å². The average Bonchev–Trinajstić information content (AvgIpc) is 2.93. The molecule has 2 N–H and O–H groups in total. The fourth-order valence-corrected chi connectivity index (χ4v) is 4.26. The number of nitrogens with zero attached hydrogens (tertiary/aromatic N) is 1. The van der Waals surface area contributed by atoms with E-state index in [1.807, 2.05) is 13.8 Å². The zero-order valence-corrected chi connectivity index (χ0v) is 25.0. The Morgan fingerprint density at radius 1 is 0.950 bits per heavy atom. The van der Waals surface area contributed by atoms with E-state index in [1.54, 1.807) is 60.7 Å². The van der Waals surface area contributed by atoms with Crippen LogP contribution >= 0.6 is 34.2 Å². The van der Waals surface area contributed by atoms with E-state index in [2.05, 4.69) is 45.0 Å². The third-order valence-corrected chi connectivity index (χ3v) is 6.10. The van der Waals surface area contributed by atoms with Crippen molar-refractivity contribution in [1.29, 1.82) is 0 Å². The number of amides is 2. The van der Waals surface area contributed by atoms with E-state index in [0.717, 1.165) is 0 Å². The molecule has 3 aromatic rings. The summed E-state index contributed by atoms with van der Waals surface area (Å²) in [6.07, 6.45) is 3.12. The molecule has 0 saturated carbocycles. The van der Waals surface area contributed by atoms with Crippen LogP contribution in [0.25, 0.3) is 0 Å². The van der Waals surface area contributed by atoms with Crippen molar-refractivity contribution in [3.05, 3.63) is 87.0 Å². The summed E-state index contributed by atoms with van der Waals surface area (Å²) in [6, 6.07) is 15.2. The number of rotatable bonds is 14. The monoisotopic (exact) mass is 677 g/mol. The van der Waals surface area contributed by atoms with Crippen LogP contribution in [0, 0.1) is 3.57 Å². The van der Waals surface area contributed by atoms with E-state index in [0.29, 0.717) is 68.2 Å². The fraction of sp³-hybridized carbons (Fsp3) is 0.207. The maximum absolute atomic E-state index is 12.7. The number of nitrogens with one attached hydrogen (secondary N) is 2. The van der Waals surface area contributed by atoms with Crippen LogP contribution in [0.5, 0.6) is 23.0 Å². The molecule has 9 nitrogen and oxygen atoms in total. The first-order valence-electron chi connectivity index (χ1n) is 12.3. The van der Waals surface area contributed by atoms with Gasteiger partial charge in [0.2, 0.25) is 0 Å². The highest BCUT2D eigenvalue weighted by Gasteiger charge is 2.15. The minimum absolute atomic E-state index is 0.219. The number of benzene rings is 3. The first-order valence-corrected chi connectivity index (χ1v) is 13.8. The van der Waals surface area contributed by atoms with Crippen LogP contribution in [0.4, 0.5) is 5.69 Å². The van der Waals surface area contributed by atoms with Gasteiger partial charge in [-0.2, -0.15) is 5.10 Å². The predicted octanol–water partition coefficient (Wildman–Crippen LogP) is 6.09. The lowest BCUT2D eigenvalue weighted by Crippen LogP contribution is -2.20. The van der Waals surface area contributed by atoms with Crippen LogP contribution in [-0.4, -0.2) is 44.5 Å². The van der Waals surface area contributed by atoms with Crippen LogP contribution in [0.3, 0.4) is 0 Å². The summed E-state index contributed by atoms with van der Waals surface area (Å²) in [6.45, 7) is 8.22. The van der Waals surface area contributed by atoms with Gasteiger partial charge in [0.1, 0.15) is 6.61 Å². The Hall–Kier alpha value is -3.77. The molecule has 0 bridgehead atoms. The number of hydrogen-bond donors (Lipinski definition) is 2. The second-order valence-corrected chi connectivity index (χ2v) is 9.60. The molecule has 0 atom stereocenters. The number of hydrazone groups is 1. The van der Waals surface area contributed by atoms with Gasteiger partial charge >= 0.3 is 0 Å². The first-order chi connectivity index (χ1) is 19.3. The van der Waals surface area contributed by atoms with Crippen molar-refractivity contribution in [3.63, 3.8) is 0 Å². The molecule has 3 rings (SSSR count). The summed E-state index contributed by atoms with van der Waals surface area (Å²) in [5.41, 5.74) is 4.14. The van der Waals surface area contributed by atoms with Crippen molar-refractivity contribution in [2.45, 2.75) is 13.8 Å². The highest BCUT2D eigenvalue weighted by molar-refractivity contribution is 14.1. The smallest absolute Gasteiger partial charge is 0.271 e. The summed E-state index contributed by atoms with van der Waals surface area (Å²) < 4.78 is 23.4. The van der Waals surface area contributed by atoms with Crippen molar-refractivity contribution in [2.75, 3.05) is 31.7 Å². The van der Waals surface area contributed by atoms with E-state index in [-0.39, 0.29) is 12.5 Å². The molecule has 0 aliphatic carbocycles. The Morgan fingerprint density at radius 2 is 1.68 bits per heavy atom. The van der Waals surface area contributed by atoms with Gasteiger partial charge in [-0.15, -0.1) is 0 Å². The van der Waals surface area contributed by atoms with Crippen LogP contribution in [0.15, 0.2) is 72.4 Å². The third-order valence-electron chi connectivity index (χ3n) is 5.05. The number of halogens is 2. The molecule has 40 heavy (non-hydrogen) atoms. The molecule has 0 heterocycles. The zero-order valence-electron chi connectivity index (χ0n) is 22.0. The Labute approximate surface area is 251 Å². The van der Waals surface area contributed by atoms with E-state index < -0.39 is 5.91 Å². The number of carbonyl (C=O) groups is 2. The van der Waals surface area contributed by atoms with Gasteiger partial charge in [-0.1, -0.05) is 24.3 Å². The van der Waals surface area contributed by atoms with Gasteiger partial charge in [0.15, 0.2) is 29.6 Å². The highest BCUT2D eigenvalue weighted by atomic mass is 127. The molecule has 2 amide bonds. The van der Waals surface area contributed by atoms with E-state index in [4.69, 9.17) is 30.5 Å². The molecule has 0 saturated heterocycles. The maximum Gasteiger partial charge on any atom is 0.271 e. The van der Waals surface area contributed by atoms with Gasteiger partial charge in [0.25, 0.3) is 11.8 Å². The number of anilines is 1. The number of ether oxygens (including phenoxy) is 4. The molecule has 3 aromatic carbocycles. The summed E-state index contributed by atoms with van der Waals surface area (Å²) in [5, 5.41) is 7.41. The molecule has 0 radical (unpaired) electrons. The van der Waals surface area contributed by atoms with E-state index >= 15 is 0 Å². The highest BCUT2D eigenvalue weighted by Crippen LogP contribution is 2.34.